The quantitative estimate of drug-likeness (QED) is 0.791. The maximum absolute atomic E-state index is 13.6. The van der Waals surface area contributed by atoms with Gasteiger partial charge < -0.3 is 15.5 Å². The van der Waals surface area contributed by atoms with Crippen molar-refractivity contribution in [2.75, 3.05) is 5.32 Å². The molecule has 0 amide bonds. The van der Waals surface area contributed by atoms with Gasteiger partial charge in [-0.2, -0.15) is 0 Å². The van der Waals surface area contributed by atoms with Gasteiger partial charge in [0.05, 0.1) is 17.5 Å². The van der Waals surface area contributed by atoms with Crippen LogP contribution in [0.1, 0.15) is 17.5 Å². The van der Waals surface area contributed by atoms with Crippen molar-refractivity contribution in [2.24, 2.45) is 10.7 Å². The van der Waals surface area contributed by atoms with Crippen LogP contribution >= 0.6 is 0 Å². The summed E-state index contributed by atoms with van der Waals surface area (Å²) in [4.78, 5) is 4.18. The Labute approximate surface area is 97.0 Å². The Hall–Kier alpha value is -2.30. The molecule has 0 bridgehead atoms. The van der Waals surface area contributed by atoms with Crippen molar-refractivity contribution in [1.29, 1.82) is 0 Å². The van der Waals surface area contributed by atoms with Crippen LogP contribution in [0.2, 0.25) is 0 Å². The molecule has 2 aromatic rings. The number of anilines is 1. The number of nitrogens with one attached hydrogen (secondary N) is 1. The Kier molecular flexibility index (Phi) is 2.11. The summed E-state index contributed by atoms with van der Waals surface area (Å²) in [5.41, 5.74) is 6.71. The van der Waals surface area contributed by atoms with Gasteiger partial charge in [0.2, 0.25) is 0 Å². The van der Waals surface area contributed by atoms with E-state index >= 15 is 0 Å². The highest BCUT2D eigenvalue weighted by molar-refractivity contribution is 6.04. The van der Waals surface area contributed by atoms with Crippen LogP contribution in [-0.4, -0.2) is 5.84 Å². The minimum Gasteiger partial charge on any atom is -0.465 e. The fourth-order valence-electron chi connectivity index (χ4n) is 1.87. The topological polar surface area (TPSA) is 63.5 Å². The minimum atomic E-state index is -0.403. The van der Waals surface area contributed by atoms with Crippen LogP contribution in [0.4, 0.5) is 10.1 Å². The zero-order valence-corrected chi connectivity index (χ0v) is 8.85. The molecule has 3 N–H and O–H groups in total. The third-order valence-electron chi connectivity index (χ3n) is 2.64. The summed E-state index contributed by atoms with van der Waals surface area (Å²) in [7, 11) is 0. The smallest absolute Gasteiger partial charge is 0.179 e. The summed E-state index contributed by atoms with van der Waals surface area (Å²) in [6, 6.07) is 8.30. The van der Waals surface area contributed by atoms with Gasteiger partial charge >= 0.3 is 0 Å². The van der Waals surface area contributed by atoms with E-state index in [1.807, 2.05) is 0 Å². The SMILES string of the molecule is NC1=NC(c2ccco2)Nc2cccc(F)c21. The molecule has 1 aliphatic rings. The second-order valence-corrected chi connectivity index (χ2v) is 3.74. The maximum Gasteiger partial charge on any atom is 0.179 e. The summed E-state index contributed by atoms with van der Waals surface area (Å²) in [5.74, 6) is 0.440. The van der Waals surface area contributed by atoms with Gasteiger partial charge in [0.25, 0.3) is 0 Å². The lowest BCUT2D eigenvalue weighted by Crippen LogP contribution is -2.26. The normalized spacial score (nSPS) is 18.2. The number of halogens is 1. The average molecular weight is 231 g/mol. The fraction of sp³-hybridized carbons (Fsp3) is 0.0833. The predicted octanol–water partition coefficient (Wildman–Crippen LogP) is 2.25. The van der Waals surface area contributed by atoms with Crippen molar-refractivity contribution >= 4 is 11.5 Å². The molecule has 0 spiro atoms. The first-order chi connectivity index (χ1) is 8.25. The van der Waals surface area contributed by atoms with Crippen LogP contribution in [0.3, 0.4) is 0 Å². The Morgan fingerprint density at radius 3 is 2.94 bits per heavy atom. The highest BCUT2D eigenvalue weighted by Gasteiger charge is 2.23. The summed E-state index contributed by atoms with van der Waals surface area (Å²) in [6.07, 6.45) is 1.16. The average Bonchev–Trinajstić information content (AvgIpc) is 2.81. The Morgan fingerprint density at radius 1 is 1.29 bits per heavy atom. The molecule has 2 heterocycles. The number of aliphatic imine (C=N–C) groups is 1. The first kappa shape index (κ1) is 9.89. The predicted molar refractivity (Wildman–Crippen MR) is 62.2 cm³/mol. The van der Waals surface area contributed by atoms with E-state index in [1.165, 1.54) is 6.07 Å². The number of amidine groups is 1. The molecule has 1 atom stereocenters. The van der Waals surface area contributed by atoms with E-state index in [1.54, 1.807) is 30.5 Å². The third kappa shape index (κ3) is 1.56. The van der Waals surface area contributed by atoms with E-state index in [4.69, 9.17) is 10.2 Å². The number of benzene rings is 1. The van der Waals surface area contributed by atoms with Crippen LogP contribution < -0.4 is 11.1 Å². The molecule has 5 heteroatoms. The zero-order valence-electron chi connectivity index (χ0n) is 8.85. The molecule has 0 radical (unpaired) electrons. The lowest BCUT2D eigenvalue weighted by molar-refractivity contribution is 0.483. The fourth-order valence-corrected chi connectivity index (χ4v) is 1.87. The minimum absolute atomic E-state index is 0.179. The van der Waals surface area contributed by atoms with E-state index in [0.717, 1.165) is 0 Å². The molecule has 86 valence electrons. The summed E-state index contributed by atoms with van der Waals surface area (Å²) >= 11 is 0. The van der Waals surface area contributed by atoms with Gasteiger partial charge in [-0.15, -0.1) is 0 Å². The molecule has 1 aromatic heterocycles. The molecule has 3 rings (SSSR count). The highest BCUT2D eigenvalue weighted by Crippen LogP contribution is 2.30. The van der Waals surface area contributed by atoms with Crippen LogP contribution in [0, 0.1) is 5.82 Å². The van der Waals surface area contributed by atoms with Crippen molar-refractivity contribution < 1.29 is 8.81 Å². The molecule has 1 unspecified atom stereocenters. The van der Waals surface area contributed by atoms with E-state index in [9.17, 15) is 4.39 Å². The first-order valence-corrected chi connectivity index (χ1v) is 5.18. The second-order valence-electron chi connectivity index (χ2n) is 3.74. The second kappa shape index (κ2) is 3.62. The lowest BCUT2D eigenvalue weighted by atomic mass is 10.1. The molecule has 17 heavy (non-hydrogen) atoms. The Morgan fingerprint density at radius 2 is 2.18 bits per heavy atom. The van der Waals surface area contributed by atoms with E-state index in [2.05, 4.69) is 10.3 Å². The van der Waals surface area contributed by atoms with E-state index < -0.39 is 6.17 Å². The number of hydrogen-bond acceptors (Lipinski definition) is 4. The molecule has 0 fully saturated rings. The first-order valence-electron chi connectivity index (χ1n) is 5.18. The molecular formula is C12H10FN3O. The monoisotopic (exact) mass is 231 g/mol. The number of furan rings is 1. The lowest BCUT2D eigenvalue weighted by Gasteiger charge is -2.22. The van der Waals surface area contributed by atoms with Crippen molar-refractivity contribution in [3.63, 3.8) is 0 Å². The molecular weight excluding hydrogens is 221 g/mol. The number of rotatable bonds is 1. The number of nitrogens with two attached hydrogens (primary N) is 1. The van der Waals surface area contributed by atoms with Gasteiger partial charge in [-0.1, -0.05) is 6.07 Å². The Balaban J connectivity index is 2.07. The van der Waals surface area contributed by atoms with Crippen LogP contribution in [0.5, 0.6) is 0 Å². The molecule has 0 saturated carbocycles. The van der Waals surface area contributed by atoms with Crippen molar-refractivity contribution in [3.8, 4) is 0 Å². The highest BCUT2D eigenvalue weighted by atomic mass is 19.1. The molecule has 1 aliphatic heterocycles. The van der Waals surface area contributed by atoms with Crippen LogP contribution in [0.15, 0.2) is 46.0 Å². The van der Waals surface area contributed by atoms with Gasteiger partial charge in [-0.3, -0.25) is 0 Å². The van der Waals surface area contributed by atoms with Gasteiger partial charge in [0, 0.05) is 0 Å². The standard InChI is InChI=1S/C12H10FN3O/c13-7-3-1-4-8-10(7)11(14)16-12(15-8)9-5-2-6-17-9/h1-6,12,15H,(H2,14,16). The van der Waals surface area contributed by atoms with Gasteiger partial charge in [0.1, 0.15) is 17.4 Å². The van der Waals surface area contributed by atoms with Gasteiger partial charge in [0.15, 0.2) is 6.17 Å². The molecule has 0 saturated heterocycles. The van der Waals surface area contributed by atoms with Gasteiger partial charge in [-0.05, 0) is 24.3 Å². The van der Waals surface area contributed by atoms with E-state index in [0.29, 0.717) is 17.0 Å². The molecule has 4 nitrogen and oxygen atoms in total. The maximum atomic E-state index is 13.6. The number of fused-ring (bicyclic) bond motifs is 1. The summed E-state index contributed by atoms with van der Waals surface area (Å²) < 4.78 is 18.8. The number of hydrogen-bond donors (Lipinski definition) is 2. The zero-order chi connectivity index (χ0) is 11.8. The van der Waals surface area contributed by atoms with Crippen molar-refractivity contribution in [2.45, 2.75) is 6.17 Å². The summed E-state index contributed by atoms with van der Waals surface area (Å²) in [5, 5.41) is 3.07. The molecule has 0 aliphatic carbocycles. The Bertz CT molecular complexity index is 577. The summed E-state index contributed by atoms with van der Waals surface area (Å²) in [6.45, 7) is 0. The van der Waals surface area contributed by atoms with Crippen molar-refractivity contribution in [3.05, 3.63) is 53.7 Å². The van der Waals surface area contributed by atoms with Crippen LogP contribution in [0.25, 0.3) is 0 Å². The number of nitrogens with zero attached hydrogens (tertiary/aromatic N) is 1. The molecule has 1 aromatic carbocycles. The van der Waals surface area contributed by atoms with Crippen molar-refractivity contribution in [1.82, 2.24) is 0 Å². The third-order valence-corrected chi connectivity index (χ3v) is 2.64. The van der Waals surface area contributed by atoms with E-state index in [-0.39, 0.29) is 11.7 Å². The van der Waals surface area contributed by atoms with Crippen LogP contribution in [-0.2, 0) is 0 Å². The largest absolute Gasteiger partial charge is 0.465 e. The van der Waals surface area contributed by atoms with Gasteiger partial charge in [-0.25, -0.2) is 9.38 Å².